The topological polar surface area (TPSA) is 54.2 Å². The second-order valence-corrected chi connectivity index (χ2v) is 4.65. The normalized spacial score (nSPS) is 23.8. The van der Waals surface area contributed by atoms with Gasteiger partial charge in [-0.1, -0.05) is 0 Å². The van der Waals surface area contributed by atoms with Gasteiger partial charge in [0.15, 0.2) is 0 Å². The summed E-state index contributed by atoms with van der Waals surface area (Å²) < 4.78 is 1.82. The van der Waals surface area contributed by atoms with Crippen molar-refractivity contribution < 1.29 is 5.11 Å². The average Bonchev–Trinajstić information content (AvgIpc) is 2.78. The number of aliphatic hydroxyl groups is 1. The lowest BCUT2D eigenvalue weighted by atomic mass is 10.1. The first kappa shape index (κ1) is 11.5. The van der Waals surface area contributed by atoms with Gasteiger partial charge in [-0.05, 0) is 32.7 Å². The van der Waals surface area contributed by atoms with Crippen LogP contribution in [0.2, 0.25) is 0 Å². The highest BCUT2D eigenvalue weighted by Crippen LogP contribution is 2.22. The molecule has 0 aromatic carbocycles. The summed E-state index contributed by atoms with van der Waals surface area (Å²) in [4.78, 5) is 6.64. The number of nitrogens with zero attached hydrogens (tertiary/aromatic N) is 4. The number of rotatable bonds is 4. The summed E-state index contributed by atoms with van der Waals surface area (Å²) in [6.07, 6.45) is 4.63. The Kier molecular flexibility index (Phi) is 3.56. The minimum Gasteiger partial charge on any atom is -0.393 e. The summed E-state index contributed by atoms with van der Waals surface area (Å²) in [5, 5.41) is 13.5. The molecule has 90 valence electrons. The van der Waals surface area contributed by atoms with Crippen LogP contribution < -0.4 is 0 Å². The summed E-state index contributed by atoms with van der Waals surface area (Å²) >= 11 is 0. The zero-order valence-corrected chi connectivity index (χ0v) is 10.0. The van der Waals surface area contributed by atoms with Crippen LogP contribution >= 0.6 is 0 Å². The van der Waals surface area contributed by atoms with Gasteiger partial charge in [-0.25, -0.2) is 4.98 Å². The third-order valence-corrected chi connectivity index (χ3v) is 3.26. The molecule has 2 heterocycles. The van der Waals surface area contributed by atoms with Crippen LogP contribution in [-0.2, 0) is 13.6 Å². The lowest BCUT2D eigenvalue weighted by Crippen LogP contribution is -2.32. The van der Waals surface area contributed by atoms with Crippen LogP contribution in [0.4, 0.5) is 0 Å². The highest BCUT2D eigenvalue weighted by Gasteiger charge is 2.26. The first-order chi connectivity index (χ1) is 7.66. The van der Waals surface area contributed by atoms with E-state index in [1.807, 2.05) is 18.7 Å². The van der Waals surface area contributed by atoms with Crippen molar-refractivity contribution in [1.29, 1.82) is 0 Å². The third kappa shape index (κ3) is 2.59. The highest BCUT2D eigenvalue weighted by molar-refractivity contribution is 4.88. The molecule has 0 amide bonds. The number of hydrogen-bond donors (Lipinski definition) is 1. The molecule has 1 saturated heterocycles. The first-order valence-electron chi connectivity index (χ1n) is 5.92. The smallest absolute Gasteiger partial charge is 0.140 e. The Morgan fingerprint density at radius 2 is 2.44 bits per heavy atom. The lowest BCUT2D eigenvalue weighted by molar-refractivity contribution is 0.129. The van der Waals surface area contributed by atoms with E-state index in [0.29, 0.717) is 6.04 Å². The van der Waals surface area contributed by atoms with Crippen LogP contribution in [0.1, 0.15) is 32.0 Å². The number of hydrogen-bond acceptors (Lipinski definition) is 4. The molecule has 1 aromatic rings. The van der Waals surface area contributed by atoms with Crippen molar-refractivity contribution in [2.75, 3.05) is 6.54 Å². The van der Waals surface area contributed by atoms with Crippen molar-refractivity contribution in [1.82, 2.24) is 19.7 Å². The molecule has 0 radical (unpaired) electrons. The molecular formula is C11H20N4O. The zero-order chi connectivity index (χ0) is 11.5. The minimum atomic E-state index is -0.218. The number of aryl methyl sites for hydroxylation is 1. The highest BCUT2D eigenvalue weighted by atomic mass is 16.3. The van der Waals surface area contributed by atoms with E-state index in [-0.39, 0.29) is 6.10 Å². The van der Waals surface area contributed by atoms with Gasteiger partial charge in [-0.15, -0.1) is 0 Å². The van der Waals surface area contributed by atoms with Crippen LogP contribution in [0.15, 0.2) is 6.33 Å². The van der Waals surface area contributed by atoms with Gasteiger partial charge in [-0.2, -0.15) is 5.10 Å². The zero-order valence-electron chi connectivity index (χ0n) is 10.0. The quantitative estimate of drug-likeness (QED) is 0.811. The van der Waals surface area contributed by atoms with Gasteiger partial charge in [-0.3, -0.25) is 9.58 Å². The monoisotopic (exact) mass is 224 g/mol. The molecule has 5 nitrogen and oxygen atoms in total. The van der Waals surface area contributed by atoms with Crippen molar-refractivity contribution in [3.05, 3.63) is 12.2 Å². The summed E-state index contributed by atoms with van der Waals surface area (Å²) in [5.74, 6) is 0.998. The largest absolute Gasteiger partial charge is 0.393 e. The van der Waals surface area contributed by atoms with Crippen molar-refractivity contribution >= 4 is 0 Å². The fourth-order valence-corrected chi connectivity index (χ4v) is 2.41. The van der Waals surface area contributed by atoms with Gasteiger partial charge >= 0.3 is 0 Å². The van der Waals surface area contributed by atoms with Crippen molar-refractivity contribution in [3.63, 3.8) is 0 Å². The van der Waals surface area contributed by atoms with E-state index >= 15 is 0 Å². The number of aliphatic hydroxyl groups excluding tert-OH is 1. The Morgan fingerprint density at radius 1 is 1.62 bits per heavy atom. The molecule has 1 aliphatic heterocycles. The Hall–Kier alpha value is -0.940. The molecule has 2 atom stereocenters. The maximum absolute atomic E-state index is 9.45. The summed E-state index contributed by atoms with van der Waals surface area (Å²) in [6.45, 7) is 3.80. The van der Waals surface area contributed by atoms with E-state index in [1.54, 1.807) is 6.33 Å². The Labute approximate surface area is 96.1 Å². The van der Waals surface area contributed by atoms with Crippen molar-refractivity contribution in [3.8, 4) is 0 Å². The molecule has 0 bridgehead atoms. The van der Waals surface area contributed by atoms with E-state index in [9.17, 15) is 5.11 Å². The molecule has 1 fully saturated rings. The lowest BCUT2D eigenvalue weighted by Gasteiger charge is -2.24. The van der Waals surface area contributed by atoms with Crippen molar-refractivity contribution in [2.24, 2.45) is 7.05 Å². The average molecular weight is 224 g/mol. The van der Waals surface area contributed by atoms with Gasteiger partial charge < -0.3 is 5.11 Å². The number of aromatic nitrogens is 3. The predicted molar refractivity (Wildman–Crippen MR) is 60.7 cm³/mol. The standard InChI is InChI=1S/C11H20N4O/c1-9(16)6-10-4-3-5-15(10)7-11-12-8-13-14(11)2/h8-10,16H,3-7H2,1-2H3. The van der Waals surface area contributed by atoms with Crippen LogP contribution in [-0.4, -0.2) is 43.5 Å². The Morgan fingerprint density at radius 3 is 3.06 bits per heavy atom. The molecule has 0 aliphatic carbocycles. The summed E-state index contributed by atoms with van der Waals surface area (Å²) in [7, 11) is 1.92. The molecule has 0 spiro atoms. The molecule has 0 saturated carbocycles. The van der Waals surface area contributed by atoms with E-state index in [0.717, 1.165) is 25.3 Å². The van der Waals surface area contributed by atoms with E-state index in [1.165, 1.54) is 12.8 Å². The molecule has 1 N–H and O–H groups in total. The van der Waals surface area contributed by atoms with Crippen molar-refractivity contribution in [2.45, 2.75) is 44.9 Å². The first-order valence-corrected chi connectivity index (χ1v) is 5.92. The fourth-order valence-electron chi connectivity index (χ4n) is 2.41. The Bertz CT molecular complexity index is 336. The SMILES string of the molecule is CC(O)CC1CCCN1Cc1ncnn1C. The van der Waals surface area contributed by atoms with E-state index in [4.69, 9.17) is 0 Å². The van der Waals surface area contributed by atoms with Gasteiger partial charge in [0.2, 0.25) is 0 Å². The van der Waals surface area contributed by atoms with Crippen LogP contribution in [0.5, 0.6) is 0 Å². The summed E-state index contributed by atoms with van der Waals surface area (Å²) in [5.41, 5.74) is 0. The van der Waals surface area contributed by atoms with Gasteiger partial charge in [0.25, 0.3) is 0 Å². The molecule has 2 rings (SSSR count). The maximum Gasteiger partial charge on any atom is 0.140 e. The molecule has 1 aliphatic rings. The van der Waals surface area contributed by atoms with Crippen LogP contribution in [0.3, 0.4) is 0 Å². The van der Waals surface area contributed by atoms with Gasteiger partial charge in [0, 0.05) is 13.1 Å². The van der Waals surface area contributed by atoms with E-state index < -0.39 is 0 Å². The summed E-state index contributed by atoms with van der Waals surface area (Å²) in [6, 6.07) is 0.497. The molecular weight excluding hydrogens is 204 g/mol. The van der Waals surface area contributed by atoms with Crippen LogP contribution in [0.25, 0.3) is 0 Å². The molecule has 5 heteroatoms. The Balaban J connectivity index is 1.96. The van der Waals surface area contributed by atoms with E-state index in [2.05, 4.69) is 15.0 Å². The second-order valence-electron chi connectivity index (χ2n) is 4.65. The van der Waals surface area contributed by atoms with Gasteiger partial charge in [0.05, 0.1) is 12.6 Å². The van der Waals surface area contributed by atoms with Gasteiger partial charge in [0.1, 0.15) is 12.2 Å². The molecule has 16 heavy (non-hydrogen) atoms. The molecule has 2 unspecified atom stereocenters. The van der Waals surface area contributed by atoms with Crippen LogP contribution in [0, 0.1) is 0 Å². The predicted octanol–water partition coefficient (Wildman–Crippen LogP) is 0.550. The second kappa shape index (κ2) is 4.93. The maximum atomic E-state index is 9.45. The minimum absolute atomic E-state index is 0.218. The molecule has 1 aromatic heterocycles. The third-order valence-electron chi connectivity index (χ3n) is 3.26. The fraction of sp³-hybridized carbons (Fsp3) is 0.818. The number of likely N-dealkylation sites (tertiary alicyclic amines) is 1.